The quantitative estimate of drug-likeness (QED) is 0.477. The molecule has 0 aliphatic carbocycles. The van der Waals surface area contributed by atoms with E-state index in [1.54, 1.807) is 38.1 Å². The standard InChI is InChI=1S/C18H23ClO3/c1-5-22-17(20)11-13(4)16(10-12(2)3)18(21)14-6-8-15(19)9-7-14/h6-12,18,21H,5H2,1-4H3/b13-11+,16-10-. The van der Waals surface area contributed by atoms with E-state index in [1.165, 1.54) is 6.08 Å². The highest BCUT2D eigenvalue weighted by molar-refractivity contribution is 6.30. The molecule has 1 aromatic rings. The van der Waals surface area contributed by atoms with E-state index in [-0.39, 0.29) is 5.92 Å². The Morgan fingerprint density at radius 1 is 1.32 bits per heavy atom. The third-order valence-electron chi connectivity index (χ3n) is 3.07. The molecule has 1 unspecified atom stereocenters. The van der Waals surface area contributed by atoms with Crippen molar-refractivity contribution < 1.29 is 14.6 Å². The Morgan fingerprint density at radius 3 is 2.41 bits per heavy atom. The molecule has 0 saturated heterocycles. The lowest BCUT2D eigenvalue weighted by molar-refractivity contribution is -0.137. The first-order valence-corrected chi connectivity index (χ1v) is 7.73. The zero-order chi connectivity index (χ0) is 16.7. The Balaban J connectivity index is 3.12. The summed E-state index contributed by atoms with van der Waals surface area (Å²) in [5, 5.41) is 11.2. The Morgan fingerprint density at radius 2 is 1.91 bits per heavy atom. The van der Waals surface area contributed by atoms with Gasteiger partial charge in [0.15, 0.2) is 0 Å². The minimum Gasteiger partial charge on any atom is -0.463 e. The summed E-state index contributed by atoms with van der Waals surface area (Å²) in [6, 6.07) is 7.02. The number of aliphatic hydroxyl groups excluding tert-OH is 1. The van der Waals surface area contributed by atoms with Crippen LogP contribution < -0.4 is 0 Å². The van der Waals surface area contributed by atoms with E-state index >= 15 is 0 Å². The molecule has 120 valence electrons. The summed E-state index contributed by atoms with van der Waals surface area (Å²) in [6.45, 7) is 7.92. The van der Waals surface area contributed by atoms with Gasteiger partial charge in [-0.25, -0.2) is 4.79 Å². The predicted octanol–water partition coefficient (Wildman–Crippen LogP) is 4.47. The third-order valence-corrected chi connectivity index (χ3v) is 3.32. The summed E-state index contributed by atoms with van der Waals surface area (Å²) >= 11 is 5.88. The first kappa shape index (κ1) is 18.5. The second kappa shape index (κ2) is 8.76. The molecule has 0 spiro atoms. The maximum absolute atomic E-state index is 11.6. The number of allylic oxidation sites excluding steroid dienone is 1. The molecule has 1 rings (SSSR count). The number of hydrogen-bond acceptors (Lipinski definition) is 3. The lowest BCUT2D eigenvalue weighted by atomic mass is 9.93. The molecule has 1 N–H and O–H groups in total. The van der Waals surface area contributed by atoms with Gasteiger partial charge in [-0.15, -0.1) is 0 Å². The molecule has 1 aromatic carbocycles. The summed E-state index contributed by atoms with van der Waals surface area (Å²) in [6.07, 6.45) is 2.55. The van der Waals surface area contributed by atoms with Crippen molar-refractivity contribution >= 4 is 17.6 Å². The topological polar surface area (TPSA) is 46.5 Å². The zero-order valence-electron chi connectivity index (χ0n) is 13.5. The van der Waals surface area contributed by atoms with Crippen molar-refractivity contribution in [3.63, 3.8) is 0 Å². The van der Waals surface area contributed by atoms with Crippen molar-refractivity contribution in [3.05, 3.63) is 58.1 Å². The van der Waals surface area contributed by atoms with E-state index < -0.39 is 12.1 Å². The van der Waals surface area contributed by atoms with Crippen LogP contribution in [0.15, 0.2) is 47.6 Å². The third kappa shape index (κ3) is 5.66. The van der Waals surface area contributed by atoms with Gasteiger partial charge in [-0.2, -0.15) is 0 Å². The first-order valence-electron chi connectivity index (χ1n) is 7.35. The van der Waals surface area contributed by atoms with Gasteiger partial charge in [0.25, 0.3) is 0 Å². The van der Waals surface area contributed by atoms with Gasteiger partial charge in [-0.3, -0.25) is 0 Å². The van der Waals surface area contributed by atoms with Crippen molar-refractivity contribution in [2.24, 2.45) is 5.92 Å². The van der Waals surface area contributed by atoms with Crippen LogP contribution in [-0.2, 0) is 9.53 Å². The van der Waals surface area contributed by atoms with Crippen molar-refractivity contribution in [1.82, 2.24) is 0 Å². The highest BCUT2D eigenvalue weighted by Gasteiger charge is 2.16. The monoisotopic (exact) mass is 322 g/mol. The van der Waals surface area contributed by atoms with Crippen LogP contribution in [0.4, 0.5) is 0 Å². The SMILES string of the molecule is CCOC(=O)/C=C(C)/C(=C/C(C)C)C(O)c1ccc(Cl)cc1. The number of aliphatic hydroxyl groups is 1. The van der Waals surface area contributed by atoms with Crippen LogP contribution in [0.5, 0.6) is 0 Å². The zero-order valence-corrected chi connectivity index (χ0v) is 14.2. The van der Waals surface area contributed by atoms with Crippen molar-refractivity contribution in [3.8, 4) is 0 Å². The minimum absolute atomic E-state index is 0.238. The van der Waals surface area contributed by atoms with Gasteiger partial charge in [-0.1, -0.05) is 43.7 Å². The summed E-state index contributed by atoms with van der Waals surface area (Å²) in [5.41, 5.74) is 2.12. The van der Waals surface area contributed by atoms with Crippen molar-refractivity contribution in [1.29, 1.82) is 0 Å². The maximum atomic E-state index is 11.6. The second-order valence-corrected chi connectivity index (χ2v) is 5.84. The average Bonchev–Trinajstić information content (AvgIpc) is 2.44. The molecule has 0 bridgehead atoms. The van der Waals surface area contributed by atoms with Gasteiger partial charge in [0.05, 0.1) is 6.61 Å². The van der Waals surface area contributed by atoms with Crippen LogP contribution in [-0.4, -0.2) is 17.7 Å². The lowest BCUT2D eigenvalue weighted by Gasteiger charge is -2.18. The molecule has 0 amide bonds. The van der Waals surface area contributed by atoms with E-state index in [0.29, 0.717) is 22.8 Å². The summed E-state index contributed by atoms with van der Waals surface area (Å²) in [7, 11) is 0. The number of carbonyl (C=O) groups is 1. The molecule has 0 aliphatic rings. The Hall–Kier alpha value is -1.58. The number of halogens is 1. The largest absolute Gasteiger partial charge is 0.463 e. The molecule has 1 atom stereocenters. The molecule has 0 saturated carbocycles. The smallest absolute Gasteiger partial charge is 0.331 e. The number of ether oxygens (including phenoxy) is 1. The number of rotatable bonds is 6. The van der Waals surface area contributed by atoms with Crippen LogP contribution in [0.25, 0.3) is 0 Å². The normalized spacial score (nSPS) is 14.1. The van der Waals surface area contributed by atoms with Crippen LogP contribution in [0.2, 0.25) is 5.02 Å². The minimum atomic E-state index is -0.814. The summed E-state index contributed by atoms with van der Waals surface area (Å²) < 4.78 is 4.93. The number of hydrogen-bond donors (Lipinski definition) is 1. The Kier molecular flexibility index (Phi) is 7.36. The van der Waals surface area contributed by atoms with E-state index in [0.717, 1.165) is 5.56 Å². The molecular formula is C18H23ClO3. The fourth-order valence-corrected chi connectivity index (χ4v) is 2.19. The van der Waals surface area contributed by atoms with Crippen LogP contribution in [0.1, 0.15) is 39.4 Å². The molecule has 0 fully saturated rings. The van der Waals surface area contributed by atoms with Gasteiger partial charge in [0, 0.05) is 11.1 Å². The molecule has 4 heteroatoms. The van der Waals surface area contributed by atoms with E-state index in [9.17, 15) is 9.90 Å². The number of benzene rings is 1. The molecule has 3 nitrogen and oxygen atoms in total. The Bertz CT molecular complexity index is 556. The molecule has 0 aliphatic heterocycles. The maximum Gasteiger partial charge on any atom is 0.331 e. The van der Waals surface area contributed by atoms with Gasteiger partial charge in [-0.05, 0) is 48.6 Å². The lowest BCUT2D eigenvalue weighted by Crippen LogP contribution is -2.07. The average molecular weight is 323 g/mol. The Labute approximate surface area is 137 Å². The number of esters is 1. The van der Waals surface area contributed by atoms with Gasteiger partial charge >= 0.3 is 5.97 Å². The summed E-state index contributed by atoms with van der Waals surface area (Å²) in [4.78, 5) is 11.6. The van der Waals surface area contributed by atoms with Gasteiger partial charge in [0.1, 0.15) is 6.10 Å². The molecule has 22 heavy (non-hydrogen) atoms. The van der Waals surface area contributed by atoms with Crippen LogP contribution in [0, 0.1) is 5.92 Å². The van der Waals surface area contributed by atoms with Gasteiger partial charge < -0.3 is 9.84 Å². The molecule has 0 aromatic heterocycles. The predicted molar refractivity (Wildman–Crippen MR) is 89.7 cm³/mol. The highest BCUT2D eigenvalue weighted by Crippen LogP contribution is 2.29. The summed E-state index contributed by atoms with van der Waals surface area (Å²) in [5.74, 6) is -0.166. The second-order valence-electron chi connectivity index (χ2n) is 5.40. The first-order chi connectivity index (χ1) is 10.3. The van der Waals surface area contributed by atoms with Crippen molar-refractivity contribution in [2.75, 3.05) is 6.61 Å². The van der Waals surface area contributed by atoms with Crippen LogP contribution >= 0.6 is 11.6 Å². The van der Waals surface area contributed by atoms with E-state index in [4.69, 9.17) is 16.3 Å². The highest BCUT2D eigenvalue weighted by atomic mass is 35.5. The van der Waals surface area contributed by atoms with Gasteiger partial charge in [0.2, 0.25) is 0 Å². The fourth-order valence-electron chi connectivity index (χ4n) is 2.07. The van der Waals surface area contributed by atoms with E-state index in [1.807, 2.05) is 19.9 Å². The molecule has 0 radical (unpaired) electrons. The number of carbonyl (C=O) groups excluding carboxylic acids is 1. The van der Waals surface area contributed by atoms with E-state index in [2.05, 4.69) is 0 Å². The fraction of sp³-hybridized carbons (Fsp3) is 0.389. The van der Waals surface area contributed by atoms with Crippen LogP contribution in [0.3, 0.4) is 0 Å². The molecular weight excluding hydrogens is 300 g/mol. The molecule has 0 heterocycles. The van der Waals surface area contributed by atoms with Crippen molar-refractivity contribution in [2.45, 2.75) is 33.8 Å².